The minimum atomic E-state index is -0.236. The van der Waals surface area contributed by atoms with Crippen LogP contribution >= 0.6 is 15.9 Å². The first-order valence-corrected chi connectivity index (χ1v) is 3.82. The number of rotatable bonds is 1. The molecule has 0 aliphatic carbocycles. The molecule has 0 radical (unpaired) electrons. The molecule has 0 rings (SSSR count). The van der Waals surface area contributed by atoms with Gasteiger partial charge in [-0.25, -0.2) is 0 Å². The first-order chi connectivity index (χ1) is 4.18. The Kier molecular flexibility index (Phi) is 10.3. The van der Waals surface area contributed by atoms with E-state index in [0.29, 0.717) is 0 Å². The van der Waals surface area contributed by atoms with Gasteiger partial charge in [0.2, 0.25) is 0 Å². The van der Waals surface area contributed by atoms with Gasteiger partial charge in [-0.3, -0.25) is 4.79 Å². The third-order valence-electron chi connectivity index (χ3n) is 0.526. The molecule has 1 unspecified atom stereocenters. The summed E-state index contributed by atoms with van der Waals surface area (Å²) < 4.78 is 4.33. The molecule has 0 aromatic carbocycles. The van der Waals surface area contributed by atoms with Crippen LogP contribution in [0.4, 0.5) is 0 Å². The predicted octanol–water partition coefficient (Wildman–Crippen LogP) is 1.97. The average molecular weight is 197 g/mol. The summed E-state index contributed by atoms with van der Waals surface area (Å²) in [4.78, 5) is 10.1. The Morgan fingerprint density at radius 1 is 1.56 bits per heavy atom. The van der Waals surface area contributed by atoms with E-state index in [2.05, 4.69) is 20.7 Å². The van der Waals surface area contributed by atoms with Crippen molar-refractivity contribution in [3.63, 3.8) is 0 Å². The zero-order chi connectivity index (χ0) is 7.86. The summed E-state index contributed by atoms with van der Waals surface area (Å²) in [6.07, 6.45) is 0. The highest BCUT2D eigenvalue weighted by molar-refractivity contribution is 9.10. The summed E-state index contributed by atoms with van der Waals surface area (Å²) >= 11 is 3.03. The Balaban J connectivity index is 0. The predicted molar refractivity (Wildman–Crippen MR) is 41.8 cm³/mol. The maximum Gasteiger partial charge on any atom is 0.319 e. The van der Waals surface area contributed by atoms with E-state index in [1.54, 1.807) is 6.92 Å². The van der Waals surface area contributed by atoms with Gasteiger partial charge in [-0.1, -0.05) is 29.8 Å². The lowest BCUT2D eigenvalue weighted by Crippen LogP contribution is -2.10. The normalized spacial score (nSPS) is 10.8. The summed E-state index contributed by atoms with van der Waals surface area (Å²) in [7, 11) is 1.36. The summed E-state index contributed by atoms with van der Waals surface area (Å²) in [6, 6.07) is 0. The van der Waals surface area contributed by atoms with Crippen molar-refractivity contribution >= 4 is 21.9 Å². The van der Waals surface area contributed by atoms with E-state index in [9.17, 15) is 4.79 Å². The van der Waals surface area contributed by atoms with Crippen molar-refractivity contribution in [3.05, 3.63) is 0 Å². The molecule has 0 aromatic heterocycles. The Bertz CT molecular complexity index is 71.5. The summed E-state index contributed by atoms with van der Waals surface area (Å²) in [6.45, 7) is 5.71. The van der Waals surface area contributed by atoms with Crippen LogP contribution in [0.15, 0.2) is 0 Å². The summed E-state index contributed by atoms with van der Waals surface area (Å²) in [5.74, 6) is -0.236. The van der Waals surface area contributed by atoms with Gasteiger partial charge in [-0.15, -0.1) is 0 Å². The highest BCUT2D eigenvalue weighted by atomic mass is 79.9. The van der Waals surface area contributed by atoms with E-state index < -0.39 is 0 Å². The maximum absolute atomic E-state index is 10.2. The van der Waals surface area contributed by atoms with Crippen LogP contribution in [-0.4, -0.2) is 17.9 Å². The number of hydrogen-bond donors (Lipinski definition) is 0. The Morgan fingerprint density at radius 3 is 1.89 bits per heavy atom. The number of halogens is 1. The van der Waals surface area contributed by atoms with Crippen molar-refractivity contribution in [2.24, 2.45) is 0 Å². The van der Waals surface area contributed by atoms with E-state index in [1.807, 2.05) is 13.8 Å². The van der Waals surface area contributed by atoms with Crippen molar-refractivity contribution < 1.29 is 9.53 Å². The molecule has 0 aliphatic rings. The summed E-state index contributed by atoms with van der Waals surface area (Å²) in [5, 5.41) is 0. The van der Waals surface area contributed by atoms with Crippen LogP contribution in [0, 0.1) is 0 Å². The zero-order valence-corrected chi connectivity index (χ0v) is 7.86. The molecule has 0 heterocycles. The Morgan fingerprint density at radius 2 is 1.89 bits per heavy atom. The van der Waals surface area contributed by atoms with Crippen LogP contribution in [0.3, 0.4) is 0 Å². The molecule has 0 aromatic rings. The van der Waals surface area contributed by atoms with Gasteiger partial charge in [0.15, 0.2) is 0 Å². The van der Waals surface area contributed by atoms with E-state index >= 15 is 0 Å². The first-order valence-electron chi connectivity index (χ1n) is 2.90. The molecular formula is C6H13BrO2. The fourth-order valence-electron chi connectivity index (χ4n) is 0.162. The average Bonchev–Trinajstić information content (AvgIpc) is 1.91. The molecule has 0 saturated heterocycles. The van der Waals surface area contributed by atoms with Crippen molar-refractivity contribution in [2.75, 3.05) is 7.11 Å². The lowest BCUT2D eigenvalue weighted by atomic mass is 10.5. The Labute approximate surface area is 64.7 Å². The van der Waals surface area contributed by atoms with Gasteiger partial charge in [-0.05, 0) is 6.92 Å². The lowest BCUT2D eigenvalue weighted by molar-refractivity contribution is -0.139. The molecule has 0 aliphatic heterocycles. The molecule has 1 atom stereocenters. The SMILES string of the molecule is CC.COC(=O)C(C)Br. The number of carbonyl (C=O) groups excluding carboxylic acids is 1. The van der Waals surface area contributed by atoms with Crippen LogP contribution in [0.2, 0.25) is 0 Å². The number of esters is 1. The van der Waals surface area contributed by atoms with E-state index in [1.165, 1.54) is 7.11 Å². The highest BCUT2D eigenvalue weighted by Gasteiger charge is 2.05. The molecule has 0 amide bonds. The molecule has 2 nitrogen and oxygen atoms in total. The highest BCUT2D eigenvalue weighted by Crippen LogP contribution is 1.97. The second-order valence-corrected chi connectivity index (χ2v) is 2.51. The molecular weight excluding hydrogens is 184 g/mol. The quantitative estimate of drug-likeness (QED) is 0.474. The second-order valence-electron chi connectivity index (χ2n) is 1.14. The topological polar surface area (TPSA) is 26.3 Å². The molecule has 0 spiro atoms. The van der Waals surface area contributed by atoms with Gasteiger partial charge in [-0.2, -0.15) is 0 Å². The number of alkyl halides is 1. The Hall–Kier alpha value is -0.0500. The molecule has 9 heavy (non-hydrogen) atoms. The van der Waals surface area contributed by atoms with Crippen molar-refractivity contribution in [2.45, 2.75) is 25.6 Å². The third-order valence-corrected chi connectivity index (χ3v) is 0.900. The molecule has 3 heteroatoms. The zero-order valence-electron chi connectivity index (χ0n) is 6.27. The van der Waals surface area contributed by atoms with E-state index in [0.717, 1.165) is 0 Å². The lowest BCUT2D eigenvalue weighted by Gasteiger charge is -1.96. The fourth-order valence-corrected chi connectivity index (χ4v) is 0.349. The molecule has 56 valence electrons. The van der Waals surface area contributed by atoms with Gasteiger partial charge in [0, 0.05) is 0 Å². The molecule has 0 saturated carbocycles. The minimum absolute atomic E-state index is 0.183. The smallest absolute Gasteiger partial charge is 0.319 e. The first kappa shape index (κ1) is 11.7. The van der Waals surface area contributed by atoms with E-state index in [-0.39, 0.29) is 10.8 Å². The fraction of sp³-hybridized carbons (Fsp3) is 0.833. The standard InChI is InChI=1S/C4H7BrO2.C2H6/c1-3(5)4(6)7-2;1-2/h3H,1-2H3;1-2H3. The summed E-state index contributed by atoms with van der Waals surface area (Å²) in [5.41, 5.74) is 0. The molecule has 0 fully saturated rings. The van der Waals surface area contributed by atoms with Crippen LogP contribution in [0.25, 0.3) is 0 Å². The van der Waals surface area contributed by atoms with Crippen LogP contribution < -0.4 is 0 Å². The van der Waals surface area contributed by atoms with Crippen LogP contribution in [0.5, 0.6) is 0 Å². The third kappa shape index (κ3) is 7.95. The number of hydrogen-bond acceptors (Lipinski definition) is 2. The van der Waals surface area contributed by atoms with Gasteiger partial charge in [0.25, 0.3) is 0 Å². The maximum atomic E-state index is 10.2. The monoisotopic (exact) mass is 196 g/mol. The largest absolute Gasteiger partial charge is 0.468 e. The number of carbonyl (C=O) groups is 1. The number of ether oxygens (including phenoxy) is 1. The van der Waals surface area contributed by atoms with Crippen LogP contribution in [0.1, 0.15) is 20.8 Å². The van der Waals surface area contributed by atoms with Crippen molar-refractivity contribution in [1.29, 1.82) is 0 Å². The molecule has 0 bridgehead atoms. The van der Waals surface area contributed by atoms with Crippen molar-refractivity contribution in [3.8, 4) is 0 Å². The van der Waals surface area contributed by atoms with Gasteiger partial charge >= 0.3 is 5.97 Å². The van der Waals surface area contributed by atoms with E-state index in [4.69, 9.17) is 0 Å². The minimum Gasteiger partial charge on any atom is -0.468 e. The molecule has 0 N–H and O–H groups in total. The number of methoxy groups -OCH3 is 1. The second kappa shape index (κ2) is 7.95. The van der Waals surface area contributed by atoms with Gasteiger partial charge in [0.05, 0.1) is 7.11 Å². The van der Waals surface area contributed by atoms with Gasteiger partial charge < -0.3 is 4.74 Å². The van der Waals surface area contributed by atoms with Gasteiger partial charge in [0.1, 0.15) is 4.83 Å². The van der Waals surface area contributed by atoms with Crippen LogP contribution in [-0.2, 0) is 9.53 Å². The van der Waals surface area contributed by atoms with Crippen molar-refractivity contribution in [1.82, 2.24) is 0 Å².